The Hall–Kier alpha value is 0.294. The zero-order valence-electron chi connectivity index (χ0n) is 12.8. The van der Waals surface area contributed by atoms with Gasteiger partial charge in [0.1, 0.15) is 0 Å². The fourth-order valence-corrected chi connectivity index (χ4v) is 6.63. The molecule has 0 amide bonds. The zero-order valence-corrected chi connectivity index (χ0v) is 14.8. The third-order valence-electron chi connectivity index (χ3n) is 4.53. The molecular formula is C14H32F2Si2. The van der Waals surface area contributed by atoms with Crippen molar-refractivity contribution in [3.05, 3.63) is 0 Å². The first-order valence-corrected chi connectivity index (χ1v) is 12.8. The molecule has 0 aromatic carbocycles. The second-order valence-electron chi connectivity index (χ2n) is 5.63. The van der Waals surface area contributed by atoms with Gasteiger partial charge < -0.3 is 8.22 Å². The van der Waals surface area contributed by atoms with Gasteiger partial charge in [-0.15, -0.1) is 0 Å². The van der Waals surface area contributed by atoms with Crippen LogP contribution in [0.5, 0.6) is 0 Å². The summed E-state index contributed by atoms with van der Waals surface area (Å²) in [4.78, 5) is 0. The molecule has 0 nitrogen and oxygen atoms in total. The topological polar surface area (TPSA) is 0 Å². The summed E-state index contributed by atoms with van der Waals surface area (Å²) in [6.45, 7) is 7.95. The monoisotopic (exact) mass is 294 g/mol. The van der Waals surface area contributed by atoms with Gasteiger partial charge in [-0.05, 0) is 36.3 Å². The summed E-state index contributed by atoms with van der Waals surface area (Å²) >= 11 is 0. The average Bonchev–Trinajstić information content (AvgIpc) is 2.42. The Balaban J connectivity index is 3.63. The van der Waals surface area contributed by atoms with Crippen LogP contribution in [0.1, 0.15) is 53.4 Å². The molecule has 0 saturated carbocycles. The van der Waals surface area contributed by atoms with Crippen LogP contribution in [0, 0.1) is 0 Å². The van der Waals surface area contributed by atoms with Crippen molar-refractivity contribution in [3.63, 3.8) is 0 Å². The lowest BCUT2D eigenvalue weighted by molar-refractivity contribution is 0.644. The van der Waals surface area contributed by atoms with E-state index in [2.05, 4.69) is 0 Å². The van der Waals surface area contributed by atoms with Crippen molar-refractivity contribution in [2.75, 3.05) is 0 Å². The van der Waals surface area contributed by atoms with Gasteiger partial charge in [0.25, 0.3) is 0 Å². The number of hydrogen-bond donors (Lipinski definition) is 0. The van der Waals surface area contributed by atoms with Crippen LogP contribution in [0.25, 0.3) is 0 Å². The molecule has 0 heterocycles. The predicted octanol–water partition coefficient (Wildman–Crippen LogP) is 6.46. The van der Waals surface area contributed by atoms with E-state index in [9.17, 15) is 8.22 Å². The lowest BCUT2D eigenvalue weighted by Gasteiger charge is -2.19. The van der Waals surface area contributed by atoms with E-state index in [1.165, 1.54) is 0 Å². The first-order valence-electron chi connectivity index (χ1n) is 7.83. The predicted molar refractivity (Wildman–Crippen MR) is 83.7 cm³/mol. The summed E-state index contributed by atoms with van der Waals surface area (Å²) in [5.41, 5.74) is 0. The number of rotatable bonds is 11. The van der Waals surface area contributed by atoms with Gasteiger partial charge in [0.2, 0.25) is 16.8 Å². The Bertz CT molecular complexity index is 180. The zero-order chi connectivity index (χ0) is 14.1. The van der Waals surface area contributed by atoms with Gasteiger partial charge in [0.05, 0.1) is 0 Å². The first-order chi connectivity index (χ1) is 8.45. The fraction of sp³-hybridized carbons (Fsp3) is 1.00. The molecule has 0 atom stereocenters. The molecule has 0 spiro atoms. The number of hydrogen-bond acceptors (Lipinski definition) is 0. The van der Waals surface area contributed by atoms with Crippen molar-refractivity contribution in [2.45, 2.75) is 89.6 Å². The number of halogens is 2. The molecule has 110 valence electrons. The van der Waals surface area contributed by atoms with Gasteiger partial charge in [0, 0.05) is 0 Å². The third kappa shape index (κ3) is 7.02. The minimum absolute atomic E-state index is 0.760. The second kappa shape index (κ2) is 9.24. The summed E-state index contributed by atoms with van der Waals surface area (Å²) in [7, 11) is -4.75. The number of unbranched alkanes of at least 4 members (excludes halogenated alkanes) is 3. The first kappa shape index (κ1) is 18.3. The summed E-state index contributed by atoms with van der Waals surface area (Å²) < 4.78 is 28.3. The highest BCUT2D eigenvalue weighted by molar-refractivity contribution is 6.73. The smallest absolute Gasteiger partial charge is 0.246 e. The largest absolute Gasteiger partial charge is 0.314 e. The van der Waals surface area contributed by atoms with Gasteiger partial charge >= 0.3 is 0 Å². The molecule has 0 aliphatic rings. The van der Waals surface area contributed by atoms with Crippen molar-refractivity contribution in [1.82, 2.24) is 0 Å². The molecule has 0 aromatic heterocycles. The van der Waals surface area contributed by atoms with Crippen molar-refractivity contribution in [2.24, 2.45) is 0 Å². The minimum Gasteiger partial charge on any atom is -0.314 e. The van der Waals surface area contributed by atoms with Crippen molar-refractivity contribution < 1.29 is 8.22 Å². The molecule has 0 N–H and O–H groups in total. The van der Waals surface area contributed by atoms with E-state index in [1.54, 1.807) is 0 Å². The molecule has 0 bridgehead atoms. The third-order valence-corrected chi connectivity index (χ3v) is 12.1. The normalized spacial score (nSPS) is 13.0. The SMILES string of the molecule is CC[Si](F)(CC)CCCCCC[Si](F)(CC)CC. The quantitative estimate of drug-likeness (QED) is 0.233. The molecular weight excluding hydrogens is 262 g/mol. The molecule has 0 fully saturated rings. The molecule has 0 aliphatic carbocycles. The van der Waals surface area contributed by atoms with Crippen LogP contribution < -0.4 is 0 Å². The van der Waals surface area contributed by atoms with Crippen LogP contribution in [0.15, 0.2) is 0 Å². The molecule has 0 saturated heterocycles. The lowest BCUT2D eigenvalue weighted by atomic mass is 10.2. The maximum absolute atomic E-state index is 14.1. The Kier molecular flexibility index (Phi) is 9.39. The molecule has 4 heteroatoms. The van der Waals surface area contributed by atoms with Crippen molar-refractivity contribution in [1.29, 1.82) is 0 Å². The maximum atomic E-state index is 14.1. The van der Waals surface area contributed by atoms with Crippen molar-refractivity contribution in [3.8, 4) is 0 Å². The summed E-state index contributed by atoms with van der Waals surface area (Å²) in [6.07, 6.45) is 4.22. The van der Waals surface area contributed by atoms with Gasteiger partial charge in [-0.3, -0.25) is 0 Å². The average molecular weight is 295 g/mol. The fourth-order valence-electron chi connectivity index (χ4n) is 2.44. The van der Waals surface area contributed by atoms with Gasteiger partial charge in [0.15, 0.2) is 0 Å². The summed E-state index contributed by atoms with van der Waals surface area (Å²) in [6, 6.07) is 4.68. The van der Waals surface area contributed by atoms with Crippen LogP contribution in [0.4, 0.5) is 8.22 Å². The molecule has 18 heavy (non-hydrogen) atoms. The molecule has 0 radical (unpaired) electrons. The van der Waals surface area contributed by atoms with E-state index in [0.29, 0.717) is 0 Å². The van der Waals surface area contributed by atoms with E-state index in [1.807, 2.05) is 27.7 Å². The van der Waals surface area contributed by atoms with Crippen LogP contribution in [0.2, 0.25) is 36.3 Å². The van der Waals surface area contributed by atoms with Gasteiger partial charge in [-0.2, -0.15) is 0 Å². The molecule has 0 unspecified atom stereocenters. The Morgan fingerprint density at radius 1 is 0.556 bits per heavy atom. The highest BCUT2D eigenvalue weighted by Gasteiger charge is 2.29. The lowest BCUT2D eigenvalue weighted by Crippen LogP contribution is -2.26. The second-order valence-corrected chi connectivity index (χ2v) is 14.1. The molecule has 0 aliphatic heterocycles. The van der Waals surface area contributed by atoms with Crippen LogP contribution in [-0.2, 0) is 0 Å². The highest BCUT2D eigenvalue weighted by atomic mass is 28.4. The van der Waals surface area contributed by atoms with E-state index >= 15 is 0 Å². The Morgan fingerprint density at radius 3 is 1.06 bits per heavy atom. The maximum Gasteiger partial charge on any atom is 0.246 e. The minimum atomic E-state index is -2.37. The Labute approximate surface area is 115 Å². The van der Waals surface area contributed by atoms with E-state index in [4.69, 9.17) is 0 Å². The van der Waals surface area contributed by atoms with Crippen molar-refractivity contribution >= 4 is 16.8 Å². The van der Waals surface area contributed by atoms with E-state index < -0.39 is 16.8 Å². The molecule has 0 rings (SSSR count). The van der Waals surface area contributed by atoms with E-state index in [0.717, 1.165) is 61.9 Å². The standard InChI is InChI=1S/C14H32F2Si2/c1-5-17(15,6-2)13-11-9-10-12-14-18(16,7-3)8-4/h5-14H2,1-4H3. The van der Waals surface area contributed by atoms with Gasteiger partial charge in [-0.1, -0.05) is 53.4 Å². The summed E-state index contributed by atoms with van der Waals surface area (Å²) in [5, 5.41) is 0. The van der Waals surface area contributed by atoms with E-state index in [-0.39, 0.29) is 0 Å². The summed E-state index contributed by atoms with van der Waals surface area (Å²) in [5.74, 6) is 0. The van der Waals surface area contributed by atoms with Crippen LogP contribution in [0.3, 0.4) is 0 Å². The van der Waals surface area contributed by atoms with Gasteiger partial charge in [-0.25, -0.2) is 0 Å². The molecule has 0 aromatic rings. The highest BCUT2D eigenvalue weighted by Crippen LogP contribution is 2.27. The van der Waals surface area contributed by atoms with Crippen LogP contribution in [-0.4, -0.2) is 16.8 Å². The van der Waals surface area contributed by atoms with Crippen LogP contribution >= 0.6 is 0 Å². The Morgan fingerprint density at radius 2 is 0.833 bits per heavy atom.